The summed E-state index contributed by atoms with van der Waals surface area (Å²) in [6, 6.07) is 5.33. The number of hydrogen-bond acceptors (Lipinski definition) is 4. The SMILES string of the molecule is CCN(CC)S(=O)(=O)c1ccc(C)c(NC(=O)CN2CCCCC2C)c1. The Morgan fingerprint density at radius 1 is 1.27 bits per heavy atom. The van der Waals surface area contributed by atoms with Crippen molar-refractivity contribution in [1.82, 2.24) is 9.21 Å². The summed E-state index contributed by atoms with van der Waals surface area (Å²) in [7, 11) is -3.54. The Balaban J connectivity index is 2.15. The minimum absolute atomic E-state index is 0.0979. The second-order valence-electron chi connectivity index (χ2n) is 6.93. The van der Waals surface area contributed by atoms with Crippen molar-refractivity contribution in [2.45, 2.75) is 57.9 Å². The van der Waals surface area contributed by atoms with Crippen LogP contribution in [0.1, 0.15) is 45.6 Å². The molecule has 0 aliphatic carbocycles. The highest BCUT2D eigenvalue weighted by molar-refractivity contribution is 7.89. The predicted molar refractivity (Wildman–Crippen MR) is 105 cm³/mol. The number of anilines is 1. The van der Waals surface area contributed by atoms with E-state index in [1.807, 2.05) is 20.8 Å². The number of likely N-dealkylation sites (tertiary alicyclic amines) is 1. The molecule has 26 heavy (non-hydrogen) atoms. The molecule has 1 aromatic rings. The maximum atomic E-state index is 12.7. The largest absolute Gasteiger partial charge is 0.325 e. The van der Waals surface area contributed by atoms with Gasteiger partial charge in [-0.2, -0.15) is 4.31 Å². The Kier molecular flexibility index (Phi) is 7.20. The molecule has 6 nitrogen and oxygen atoms in total. The van der Waals surface area contributed by atoms with Crippen molar-refractivity contribution in [3.63, 3.8) is 0 Å². The zero-order chi connectivity index (χ0) is 19.3. The van der Waals surface area contributed by atoms with E-state index in [1.165, 1.54) is 10.7 Å². The Hall–Kier alpha value is -1.44. The van der Waals surface area contributed by atoms with E-state index in [-0.39, 0.29) is 10.8 Å². The summed E-state index contributed by atoms with van der Waals surface area (Å²) in [6.45, 7) is 9.76. The fourth-order valence-corrected chi connectivity index (χ4v) is 4.86. The summed E-state index contributed by atoms with van der Waals surface area (Å²) in [5.74, 6) is -0.0979. The number of carbonyl (C=O) groups is 1. The number of benzene rings is 1. The van der Waals surface area contributed by atoms with Gasteiger partial charge in [-0.05, 0) is 50.9 Å². The molecule has 7 heteroatoms. The first-order valence-electron chi connectivity index (χ1n) is 9.44. The molecule has 1 unspecified atom stereocenters. The van der Waals surface area contributed by atoms with Gasteiger partial charge in [-0.1, -0.05) is 26.3 Å². The van der Waals surface area contributed by atoms with Crippen LogP contribution in [0.25, 0.3) is 0 Å². The first-order valence-corrected chi connectivity index (χ1v) is 10.9. The Morgan fingerprint density at radius 3 is 2.58 bits per heavy atom. The van der Waals surface area contributed by atoms with Crippen LogP contribution in [-0.2, 0) is 14.8 Å². The van der Waals surface area contributed by atoms with Crippen LogP contribution < -0.4 is 5.32 Å². The molecule has 0 spiro atoms. The van der Waals surface area contributed by atoms with Crippen LogP contribution in [0, 0.1) is 6.92 Å². The lowest BCUT2D eigenvalue weighted by molar-refractivity contribution is -0.118. The molecule has 2 rings (SSSR count). The number of nitrogens with zero attached hydrogens (tertiary/aromatic N) is 2. The second kappa shape index (κ2) is 8.97. The lowest BCUT2D eigenvalue weighted by Gasteiger charge is -2.32. The summed E-state index contributed by atoms with van der Waals surface area (Å²) < 4.78 is 26.8. The van der Waals surface area contributed by atoms with Crippen LogP contribution in [-0.4, -0.2) is 55.8 Å². The monoisotopic (exact) mass is 381 g/mol. The molecule has 1 heterocycles. The quantitative estimate of drug-likeness (QED) is 0.788. The fourth-order valence-electron chi connectivity index (χ4n) is 3.38. The number of rotatable bonds is 7. The van der Waals surface area contributed by atoms with Crippen molar-refractivity contribution < 1.29 is 13.2 Å². The zero-order valence-electron chi connectivity index (χ0n) is 16.3. The van der Waals surface area contributed by atoms with Gasteiger partial charge in [0.1, 0.15) is 0 Å². The van der Waals surface area contributed by atoms with Crippen LogP contribution in [0.3, 0.4) is 0 Å². The van der Waals surface area contributed by atoms with E-state index in [2.05, 4.69) is 17.1 Å². The van der Waals surface area contributed by atoms with E-state index < -0.39 is 10.0 Å². The van der Waals surface area contributed by atoms with Crippen LogP contribution in [0.15, 0.2) is 23.1 Å². The smallest absolute Gasteiger partial charge is 0.243 e. The number of hydrogen-bond donors (Lipinski definition) is 1. The molecule has 0 radical (unpaired) electrons. The number of carbonyl (C=O) groups excluding carboxylic acids is 1. The molecule has 1 saturated heterocycles. The van der Waals surface area contributed by atoms with Gasteiger partial charge in [-0.25, -0.2) is 8.42 Å². The highest BCUT2D eigenvalue weighted by Gasteiger charge is 2.24. The van der Waals surface area contributed by atoms with Crippen LogP contribution in [0.5, 0.6) is 0 Å². The number of sulfonamides is 1. The maximum absolute atomic E-state index is 12.7. The third kappa shape index (κ3) is 4.84. The molecule has 1 aliphatic rings. The predicted octanol–water partition coefficient (Wildman–Crippen LogP) is 2.84. The number of nitrogens with one attached hydrogen (secondary N) is 1. The fraction of sp³-hybridized carbons (Fsp3) is 0.632. The Morgan fingerprint density at radius 2 is 1.96 bits per heavy atom. The molecule has 0 bridgehead atoms. The molecule has 0 saturated carbocycles. The van der Waals surface area contributed by atoms with E-state index in [0.717, 1.165) is 24.9 Å². The summed E-state index contributed by atoms with van der Waals surface area (Å²) in [6.07, 6.45) is 3.45. The first-order chi connectivity index (χ1) is 12.3. The van der Waals surface area contributed by atoms with Crippen molar-refractivity contribution in [3.8, 4) is 0 Å². The van der Waals surface area contributed by atoms with Crippen molar-refractivity contribution in [1.29, 1.82) is 0 Å². The van der Waals surface area contributed by atoms with Gasteiger partial charge in [0.2, 0.25) is 15.9 Å². The minimum Gasteiger partial charge on any atom is -0.325 e. The third-order valence-corrected chi connectivity index (χ3v) is 7.16. The minimum atomic E-state index is -3.54. The van der Waals surface area contributed by atoms with Crippen LogP contribution in [0.4, 0.5) is 5.69 Å². The summed E-state index contributed by atoms with van der Waals surface area (Å²) >= 11 is 0. The summed E-state index contributed by atoms with van der Waals surface area (Å²) in [4.78, 5) is 14.9. The van der Waals surface area contributed by atoms with Gasteiger partial charge in [0.05, 0.1) is 11.4 Å². The van der Waals surface area contributed by atoms with Gasteiger partial charge in [0.25, 0.3) is 0 Å². The van der Waals surface area contributed by atoms with Gasteiger partial charge < -0.3 is 5.32 Å². The first kappa shape index (κ1) is 20.9. The van der Waals surface area contributed by atoms with Gasteiger partial charge in [-0.3, -0.25) is 9.69 Å². The van der Waals surface area contributed by atoms with Gasteiger partial charge >= 0.3 is 0 Å². The normalized spacial score (nSPS) is 18.9. The van der Waals surface area contributed by atoms with Crippen LogP contribution in [0.2, 0.25) is 0 Å². The standard InChI is InChI=1S/C19H31N3O3S/c1-5-22(6-2)26(24,25)17-11-10-15(3)18(13-17)20-19(23)14-21-12-8-7-9-16(21)4/h10-11,13,16H,5-9,12,14H2,1-4H3,(H,20,23). The number of aryl methyl sites for hydroxylation is 1. The van der Waals surface area contributed by atoms with Crippen molar-refractivity contribution >= 4 is 21.6 Å². The van der Waals surface area contributed by atoms with Gasteiger partial charge in [-0.15, -0.1) is 0 Å². The second-order valence-corrected chi connectivity index (χ2v) is 8.87. The molecule has 1 aromatic carbocycles. The van der Waals surface area contributed by atoms with Crippen molar-refractivity contribution in [2.24, 2.45) is 0 Å². The van der Waals surface area contributed by atoms with Crippen molar-refractivity contribution in [3.05, 3.63) is 23.8 Å². The molecule has 1 atom stereocenters. The van der Waals surface area contributed by atoms with Crippen LogP contribution >= 0.6 is 0 Å². The molecule has 1 amide bonds. The molecule has 1 aliphatic heterocycles. The zero-order valence-corrected chi connectivity index (χ0v) is 17.1. The van der Waals surface area contributed by atoms with E-state index in [0.29, 0.717) is 31.4 Å². The lowest BCUT2D eigenvalue weighted by Crippen LogP contribution is -2.42. The van der Waals surface area contributed by atoms with Gasteiger partial charge in [0.15, 0.2) is 0 Å². The van der Waals surface area contributed by atoms with E-state index in [1.54, 1.807) is 18.2 Å². The Labute approximate surface area is 157 Å². The highest BCUT2D eigenvalue weighted by atomic mass is 32.2. The number of amides is 1. The van der Waals surface area contributed by atoms with Gasteiger partial charge in [0, 0.05) is 24.8 Å². The molecule has 146 valence electrons. The Bertz CT molecular complexity index is 730. The molecular weight excluding hydrogens is 350 g/mol. The average molecular weight is 382 g/mol. The third-order valence-electron chi connectivity index (χ3n) is 5.11. The summed E-state index contributed by atoms with van der Waals surface area (Å²) in [5, 5.41) is 2.90. The molecule has 1 N–H and O–H groups in total. The topological polar surface area (TPSA) is 69.7 Å². The lowest BCUT2D eigenvalue weighted by atomic mass is 10.0. The summed E-state index contributed by atoms with van der Waals surface area (Å²) in [5.41, 5.74) is 1.41. The molecule has 1 fully saturated rings. The molecular formula is C19H31N3O3S. The van der Waals surface area contributed by atoms with Crippen molar-refractivity contribution in [2.75, 3.05) is 31.5 Å². The van der Waals surface area contributed by atoms with E-state index in [4.69, 9.17) is 0 Å². The highest BCUT2D eigenvalue weighted by Crippen LogP contribution is 2.23. The average Bonchev–Trinajstić information content (AvgIpc) is 2.59. The van der Waals surface area contributed by atoms with E-state index in [9.17, 15) is 13.2 Å². The maximum Gasteiger partial charge on any atom is 0.243 e. The van der Waals surface area contributed by atoms with E-state index >= 15 is 0 Å². The molecule has 0 aromatic heterocycles. The number of piperidine rings is 1.